The average molecular weight is 323 g/mol. The summed E-state index contributed by atoms with van der Waals surface area (Å²) >= 11 is 0. The molecule has 0 bridgehead atoms. The van der Waals surface area contributed by atoms with Gasteiger partial charge in [-0.15, -0.1) is 0 Å². The molecule has 0 spiro atoms. The monoisotopic (exact) mass is 323 g/mol. The van der Waals surface area contributed by atoms with Gasteiger partial charge in [0, 0.05) is 31.4 Å². The first kappa shape index (κ1) is 15.1. The molecule has 1 aromatic heterocycles. The molecular weight excluding hydrogens is 302 g/mol. The third-order valence-corrected chi connectivity index (χ3v) is 5.04. The Morgan fingerprint density at radius 2 is 1.88 bits per heavy atom. The molecule has 1 aliphatic carbocycles. The van der Waals surface area contributed by atoms with Gasteiger partial charge in [0.25, 0.3) is 0 Å². The lowest BCUT2D eigenvalue weighted by Crippen LogP contribution is -2.54. The summed E-state index contributed by atoms with van der Waals surface area (Å²) in [6.45, 7) is 2.08. The van der Waals surface area contributed by atoms with E-state index in [0.717, 1.165) is 25.1 Å². The molecule has 2 heterocycles. The number of aromatic nitrogens is 1. The highest BCUT2D eigenvalue weighted by molar-refractivity contribution is 5.95. The molecule has 0 unspecified atom stereocenters. The third-order valence-electron chi connectivity index (χ3n) is 5.04. The Bertz CT molecular complexity index is 737. The number of nitrogens with zero attached hydrogens (tertiary/aromatic N) is 3. The number of carbonyl (C=O) groups excluding carboxylic acids is 1. The van der Waals surface area contributed by atoms with Crippen molar-refractivity contribution >= 4 is 11.6 Å². The van der Waals surface area contributed by atoms with E-state index >= 15 is 0 Å². The fourth-order valence-corrected chi connectivity index (χ4v) is 3.75. The van der Waals surface area contributed by atoms with Gasteiger partial charge in [0.2, 0.25) is 11.8 Å². The van der Waals surface area contributed by atoms with Gasteiger partial charge in [-0.3, -0.25) is 9.69 Å². The predicted molar refractivity (Wildman–Crippen MR) is 92.4 cm³/mol. The Hall–Kier alpha value is -2.40. The molecule has 1 amide bonds. The number of piperazine rings is 1. The average Bonchev–Trinajstić information content (AvgIpc) is 3.06. The Morgan fingerprint density at radius 3 is 2.54 bits per heavy atom. The van der Waals surface area contributed by atoms with Crippen molar-refractivity contribution in [1.29, 1.82) is 0 Å². The SMILES string of the molecule is COc1cc(N2CCN(C3Cc4ccccc4C3)CC2=O)ccn1. The Morgan fingerprint density at radius 1 is 1.12 bits per heavy atom. The van der Waals surface area contributed by atoms with E-state index in [4.69, 9.17) is 4.74 Å². The third kappa shape index (κ3) is 2.76. The Kier molecular flexibility index (Phi) is 3.94. The fraction of sp³-hybridized carbons (Fsp3) is 0.368. The summed E-state index contributed by atoms with van der Waals surface area (Å²) in [6, 6.07) is 12.7. The normalized spacial score (nSPS) is 18.7. The first-order valence-electron chi connectivity index (χ1n) is 8.36. The van der Waals surface area contributed by atoms with Crippen LogP contribution in [0.2, 0.25) is 0 Å². The van der Waals surface area contributed by atoms with Crippen molar-refractivity contribution in [3.05, 3.63) is 53.7 Å². The molecule has 124 valence electrons. The van der Waals surface area contributed by atoms with Crippen molar-refractivity contribution < 1.29 is 9.53 Å². The summed E-state index contributed by atoms with van der Waals surface area (Å²) in [5, 5.41) is 0. The maximum Gasteiger partial charge on any atom is 0.241 e. The molecular formula is C19H21N3O2. The lowest BCUT2D eigenvalue weighted by Gasteiger charge is -2.37. The fourth-order valence-electron chi connectivity index (χ4n) is 3.75. The predicted octanol–water partition coefficient (Wildman–Crippen LogP) is 1.91. The highest BCUT2D eigenvalue weighted by Gasteiger charge is 2.32. The number of carbonyl (C=O) groups is 1. The number of pyridine rings is 1. The van der Waals surface area contributed by atoms with Crippen LogP contribution in [0.5, 0.6) is 5.88 Å². The zero-order chi connectivity index (χ0) is 16.5. The van der Waals surface area contributed by atoms with Crippen molar-refractivity contribution in [3.63, 3.8) is 0 Å². The van der Waals surface area contributed by atoms with Gasteiger partial charge >= 0.3 is 0 Å². The lowest BCUT2D eigenvalue weighted by atomic mass is 10.1. The lowest BCUT2D eigenvalue weighted by molar-refractivity contribution is -0.121. The number of hydrogen-bond acceptors (Lipinski definition) is 4. The van der Waals surface area contributed by atoms with E-state index < -0.39 is 0 Å². The summed E-state index contributed by atoms with van der Waals surface area (Å²) in [7, 11) is 1.59. The number of anilines is 1. The molecule has 5 heteroatoms. The van der Waals surface area contributed by atoms with Crippen LogP contribution >= 0.6 is 0 Å². The second-order valence-electron chi connectivity index (χ2n) is 6.40. The number of benzene rings is 1. The van der Waals surface area contributed by atoms with E-state index in [-0.39, 0.29) is 5.91 Å². The maximum absolute atomic E-state index is 12.7. The summed E-state index contributed by atoms with van der Waals surface area (Å²) in [5.74, 6) is 0.680. The zero-order valence-electron chi connectivity index (χ0n) is 13.8. The van der Waals surface area contributed by atoms with E-state index in [0.29, 0.717) is 25.0 Å². The van der Waals surface area contributed by atoms with Gasteiger partial charge in [-0.1, -0.05) is 24.3 Å². The van der Waals surface area contributed by atoms with Crippen LogP contribution in [0.15, 0.2) is 42.6 Å². The molecule has 0 saturated carbocycles. The summed E-state index contributed by atoms with van der Waals surface area (Å²) in [4.78, 5) is 20.9. The highest BCUT2D eigenvalue weighted by atomic mass is 16.5. The van der Waals surface area contributed by atoms with Crippen molar-refractivity contribution in [2.75, 3.05) is 31.6 Å². The largest absolute Gasteiger partial charge is 0.481 e. The summed E-state index contributed by atoms with van der Waals surface area (Å²) < 4.78 is 5.16. The second-order valence-corrected chi connectivity index (χ2v) is 6.40. The van der Waals surface area contributed by atoms with Crippen LogP contribution in [0, 0.1) is 0 Å². The van der Waals surface area contributed by atoms with Crippen LogP contribution in [0.1, 0.15) is 11.1 Å². The first-order chi connectivity index (χ1) is 11.7. The Balaban J connectivity index is 1.45. The molecule has 24 heavy (non-hydrogen) atoms. The molecule has 1 saturated heterocycles. The zero-order valence-corrected chi connectivity index (χ0v) is 13.8. The molecule has 5 nitrogen and oxygen atoms in total. The topological polar surface area (TPSA) is 45.7 Å². The number of methoxy groups -OCH3 is 1. The van der Waals surface area contributed by atoms with Crippen LogP contribution in [0.4, 0.5) is 5.69 Å². The van der Waals surface area contributed by atoms with Crippen LogP contribution in [-0.4, -0.2) is 48.6 Å². The molecule has 1 fully saturated rings. The molecule has 2 aliphatic rings. The second kappa shape index (κ2) is 6.24. The first-order valence-corrected chi connectivity index (χ1v) is 8.36. The Labute approximate surface area is 141 Å². The molecule has 2 aromatic rings. The smallest absolute Gasteiger partial charge is 0.241 e. The van der Waals surface area contributed by atoms with Crippen molar-refractivity contribution in [2.24, 2.45) is 0 Å². The summed E-state index contributed by atoms with van der Waals surface area (Å²) in [6.07, 6.45) is 3.78. The molecule has 0 N–H and O–H groups in total. The van der Waals surface area contributed by atoms with Crippen LogP contribution in [0.3, 0.4) is 0 Å². The minimum Gasteiger partial charge on any atom is -0.481 e. The number of fused-ring (bicyclic) bond motifs is 1. The van der Waals surface area contributed by atoms with Crippen LogP contribution in [0.25, 0.3) is 0 Å². The van der Waals surface area contributed by atoms with Gasteiger partial charge < -0.3 is 9.64 Å². The van der Waals surface area contributed by atoms with Crippen molar-refractivity contribution in [1.82, 2.24) is 9.88 Å². The minimum absolute atomic E-state index is 0.144. The van der Waals surface area contributed by atoms with Gasteiger partial charge in [0.05, 0.1) is 19.3 Å². The van der Waals surface area contributed by atoms with Crippen LogP contribution in [-0.2, 0) is 17.6 Å². The van der Waals surface area contributed by atoms with Gasteiger partial charge in [0.15, 0.2) is 0 Å². The van der Waals surface area contributed by atoms with E-state index in [9.17, 15) is 4.79 Å². The van der Waals surface area contributed by atoms with Gasteiger partial charge in [-0.2, -0.15) is 0 Å². The standard InChI is InChI=1S/C19H21N3O2/c1-24-18-12-16(6-7-20-18)22-9-8-21(13-19(22)23)17-10-14-4-2-3-5-15(14)11-17/h2-7,12,17H,8-11,13H2,1H3. The number of amides is 1. The molecule has 1 aliphatic heterocycles. The van der Waals surface area contributed by atoms with Gasteiger partial charge in [-0.05, 0) is 30.0 Å². The highest BCUT2D eigenvalue weighted by Crippen LogP contribution is 2.27. The van der Waals surface area contributed by atoms with Gasteiger partial charge in [-0.25, -0.2) is 4.98 Å². The van der Waals surface area contributed by atoms with E-state index in [1.807, 2.05) is 17.0 Å². The number of rotatable bonds is 3. The van der Waals surface area contributed by atoms with Crippen LogP contribution < -0.4 is 9.64 Å². The number of hydrogen-bond donors (Lipinski definition) is 0. The van der Waals surface area contributed by atoms with Crippen molar-refractivity contribution in [2.45, 2.75) is 18.9 Å². The van der Waals surface area contributed by atoms with Crippen molar-refractivity contribution in [3.8, 4) is 5.88 Å². The molecule has 0 atom stereocenters. The van der Waals surface area contributed by atoms with Gasteiger partial charge in [0.1, 0.15) is 0 Å². The summed E-state index contributed by atoms with van der Waals surface area (Å²) in [5.41, 5.74) is 3.72. The minimum atomic E-state index is 0.144. The number of ether oxygens (including phenoxy) is 1. The molecule has 1 aromatic carbocycles. The quantitative estimate of drug-likeness (QED) is 0.865. The van der Waals surface area contributed by atoms with E-state index in [1.165, 1.54) is 11.1 Å². The maximum atomic E-state index is 12.7. The van der Waals surface area contributed by atoms with E-state index in [2.05, 4.69) is 34.1 Å². The molecule has 4 rings (SSSR count). The molecule has 0 radical (unpaired) electrons. The van der Waals surface area contributed by atoms with E-state index in [1.54, 1.807) is 13.3 Å².